The number of rotatable bonds is 4. The van der Waals surface area contributed by atoms with Gasteiger partial charge in [-0.05, 0) is 88.0 Å². The summed E-state index contributed by atoms with van der Waals surface area (Å²) in [5, 5.41) is 32.5. The van der Waals surface area contributed by atoms with E-state index in [-0.39, 0.29) is 61.1 Å². The second-order valence-electron chi connectivity index (χ2n) is 12.6. The Bertz CT molecular complexity index is 916. The Kier molecular flexibility index (Phi) is 6.19. The maximum absolute atomic E-state index is 12.8. The zero-order valence-corrected chi connectivity index (χ0v) is 21.1. The monoisotopic (exact) mass is 476 g/mol. The van der Waals surface area contributed by atoms with Crippen LogP contribution in [-0.2, 0) is 19.1 Å². The largest absolute Gasteiger partial charge is 0.460 e. The lowest BCUT2D eigenvalue weighted by molar-refractivity contribution is -0.188. The third kappa shape index (κ3) is 3.70. The maximum Gasteiger partial charge on any atom is 0.306 e. The molecule has 34 heavy (non-hydrogen) atoms. The van der Waals surface area contributed by atoms with Gasteiger partial charge in [-0.2, -0.15) is 0 Å². The molecule has 0 amide bonds. The van der Waals surface area contributed by atoms with Gasteiger partial charge >= 0.3 is 5.97 Å². The molecule has 7 nitrogen and oxygen atoms in total. The fourth-order valence-electron chi connectivity index (χ4n) is 8.34. The topological polar surface area (TPSA) is 121 Å². The highest BCUT2D eigenvalue weighted by Crippen LogP contribution is 2.68. The number of ether oxygens (including phenoxy) is 1. The van der Waals surface area contributed by atoms with E-state index in [1.165, 1.54) is 0 Å². The van der Waals surface area contributed by atoms with Gasteiger partial charge in [-0.25, -0.2) is 0 Å². The van der Waals surface area contributed by atoms with Gasteiger partial charge in [0.2, 0.25) is 0 Å². The molecule has 0 heterocycles. The predicted molar refractivity (Wildman–Crippen MR) is 124 cm³/mol. The minimum Gasteiger partial charge on any atom is -0.460 e. The zero-order chi connectivity index (χ0) is 25.3. The average Bonchev–Trinajstić information content (AvgIpc) is 2.98. The van der Waals surface area contributed by atoms with E-state index in [0.29, 0.717) is 12.8 Å². The number of carbonyl (C=O) groups excluding carboxylic acids is 3. The molecular weight excluding hydrogens is 436 g/mol. The fourth-order valence-corrected chi connectivity index (χ4v) is 8.34. The normalized spacial score (nSPS) is 43.9. The molecule has 4 aliphatic carbocycles. The third-order valence-electron chi connectivity index (χ3n) is 9.81. The van der Waals surface area contributed by atoms with Gasteiger partial charge in [-0.15, -0.1) is 0 Å². The van der Waals surface area contributed by atoms with Crippen molar-refractivity contribution in [1.29, 1.82) is 0 Å². The molecule has 7 heteroatoms. The van der Waals surface area contributed by atoms with Gasteiger partial charge in [0.15, 0.2) is 11.6 Å². The number of carbonyl (C=O) groups is 3. The van der Waals surface area contributed by atoms with E-state index in [9.17, 15) is 29.7 Å². The number of esters is 1. The maximum atomic E-state index is 12.8. The van der Waals surface area contributed by atoms with E-state index in [0.717, 1.165) is 12.0 Å². The minimum atomic E-state index is -1.65. The predicted octanol–water partition coefficient (Wildman–Crippen LogP) is 2.74. The van der Waals surface area contributed by atoms with Crippen LogP contribution in [0.3, 0.4) is 0 Å². The molecule has 0 aliphatic heterocycles. The Hall–Kier alpha value is -1.57. The highest BCUT2D eigenvalue weighted by Gasteiger charge is 2.69. The number of fused-ring (bicyclic) bond motifs is 5. The van der Waals surface area contributed by atoms with E-state index in [2.05, 4.69) is 6.92 Å². The summed E-state index contributed by atoms with van der Waals surface area (Å²) in [6, 6.07) is 0. The van der Waals surface area contributed by atoms with Crippen LogP contribution >= 0.6 is 0 Å². The summed E-state index contributed by atoms with van der Waals surface area (Å²) in [6.45, 7) is 8.72. The number of hydrogen-bond acceptors (Lipinski definition) is 7. The average molecular weight is 477 g/mol. The van der Waals surface area contributed by atoms with Gasteiger partial charge in [0.05, 0.1) is 6.10 Å². The Morgan fingerprint density at radius 1 is 1.21 bits per heavy atom. The van der Waals surface area contributed by atoms with Crippen LogP contribution in [0.2, 0.25) is 0 Å². The summed E-state index contributed by atoms with van der Waals surface area (Å²) in [5.41, 5.74) is -2.63. The molecule has 0 saturated heterocycles. The summed E-state index contributed by atoms with van der Waals surface area (Å²) < 4.78 is 5.59. The summed E-state index contributed by atoms with van der Waals surface area (Å²) in [5.74, 6) is -1.30. The van der Waals surface area contributed by atoms with Crippen molar-refractivity contribution in [2.24, 2.45) is 34.5 Å². The van der Waals surface area contributed by atoms with Crippen LogP contribution in [0.4, 0.5) is 0 Å². The molecule has 0 radical (unpaired) electrons. The molecule has 3 N–H and O–H groups in total. The van der Waals surface area contributed by atoms with Crippen LogP contribution in [0.25, 0.3) is 0 Å². The minimum absolute atomic E-state index is 0.0124. The van der Waals surface area contributed by atoms with Gasteiger partial charge in [0, 0.05) is 18.3 Å². The van der Waals surface area contributed by atoms with Crippen LogP contribution in [0.5, 0.6) is 0 Å². The first kappa shape index (κ1) is 25.5. The molecule has 190 valence electrons. The molecule has 3 saturated carbocycles. The molecule has 0 spiro atoms. The van der Waals surface area contributed by atoms with E-state index in [1.807, 2.05) is 27.7 Å². The number of ketones is 2. The number of Topliss-reactive ketones (excluding diaryl/α,β-unsaturated/α-hetero) is 1. The lowest BCUT2D eigenvalue weighted by atomic mass is 9.43. The second kappa shape index (κ2) is 8.24. The first-order chi connectivity index (χ1) is 15.7. The smallest absolute Gasteiger partial charge is 0.306 e. The molecule has 3 fully saturated rings. The second-order valence-corrected chi connectivity index (χ2v) is 12.6. The Labute approximate surface area is 201 Å². The van der Waals surface area contributed by atoms with Crippen molar-refractivity contribution in [2.45, 2.75) is 96.9 Å². The molecular formula is C27H40O7. The number of aliphatic hydroxyl groups excluding tert-OH is 2. The van der Waals surface area contributed by atoms with Gasteiger partial charge < -0.3 is 20.1 Å². The lowest BCUT2D eigenvalue weighted by Crippen LogP contribution is -2.63. The van der Waals surface area contributed by atoms with Gasteiger partial charge in [0.25, 0.3) is 0 Å². The first-order valence-electron chi connectivity index (χ1n) is 12.7. The lowest BCUT2D eigenvalue weighted by Gasteiger charge is -2.62. The molecule has 0 aromatic heterocycles. The Morgan fingerprint density at radius 3 is 2.50 bits per heavy atom. The summed E-state index contributed by atoms with van der Waals surface area (Å²) >= 11 is 0. The Balaban J connectivity index is 1.70. The highest BCUT2D eigenvalue weighted by atomic mass is 16.6. The molecule has 8 atom stereocenters. The van der Waals surface area contributed by atoms with Crippen molar-refractivity contribution in [3.63, 3.8) is 0 Å². The molecule has 1 unspecified atom stereocenters. The summed E-state index contributed by atoms with van der Waals surface area (Å²) in [7, 11) is 0. The van der Waals surface area contributed by atoms with Gasteiger partial charge in [-0.3, -0.25) is 14.4 Å². The van der Waals surface area contributed by atoms with E-state index in [4.69, 9.17) is 4.74 Å². The van der Waals surface area contributed by atoms with Gasteiger partial charge in [-0.1, -0.05) is 19.4 Å². The van der Waals surface area contributed by atoms with Crippen molar-refractivity contribution in [1.82, 2.24) is 0 Å². The van der Waals surface area contributed by atoms with Crippen molar-refractivity contribution in [3.05, 3.63) is 11.6 Å². The molecule has 0 aromatic rings. The van der Waals surface area contributed by atoms with Gasteiger partial charge in [0.1, 0.15) is 17.8 Å². The van der Waals surface area contributed by atoms with E-state index < -0.39 is 40.5 Å². The molecule has 0 bridgehead atoms. The van der Waals surface area contributed by atoms with Crippen LogP contribution < -0.4 is 0 Å². The molecule has 0 aromatic carbocycles. The van der Waals surface area contributed by atoms with Crippen molar-refractivity contribution in [3.8, 4) is 0 Å². The number of aliphatic hydroxyl groups is 3. The number of hydrogen-bond donors (Lipinski definition) is 3. The quantitative estimate of drug-likeness (QED) is 0.534. The molecule has 4 rings (SSSR count). The van der Waals surface area contributed by atoms with Crippen LogP contribution in [0.15, 0.2) is 11.6 Å². The van der Waals surface area contributed by atoms with Crippen molar-refractivity contribution < 1.29 is 34.4 Å². The summed E-state index contributed by atoms with van der Waals surface area (Å²) in [4.78, 5) is 38.0. The van der Waals surface area contributed by atoms with Crippen molar-refractivity contribution >= 4 is 17.5 Å². The number of allylic oxidation sites excluding steroid dienone is 1. The molecule has 4 aliphatic rings. The standard InChI is InChI=1S/C27H40O7/c1-24(2,3)34-22(32)12-16-11-17(29)10-15-6-7-18-19-8-9-27(33,21(31)14-28)25(19,4)13-20(30)23(18)26(15,16)5/h10,16,18-20,23,28,30,33H,6-9,11-14H2,1-5H3/t16?,18-,19-,20-,23+,25-,26+,27-/m0/s1. The van der Waals surface area contributed by atoms with E-state index in [1.54, 1.807) is 6.08 Å². The summed E-state index contributed by atoms with van der Waals surface area (Å²) in [6.07, 6.45) is 3.91. The van der Waals surface area contributed by atoms with Crippen LogP contribution in [0.1, 0.15) is 79.6 Å². The SMILES string of the molecule is CC(C)(C)OC(=O)CC1CC(=O)C=C2CC[C@@H]3[C@H]([C@@H](O)C[C@@]4(C)[C@H]3CC[C@]4(O)C(=O)CO)[C@]21C. The first-order valence-corrected chi connectivity index (χ1v) is 12.7. The van der Waals surface area contributed by atoms with Crippen LogP contribution in [0, 0.1) is 34.5 Å². The third-order valence-corrected chi connectivity index (χ3v) is 9.81. The Morgan fingerprint density at radius 2 is 1.88 bits per heavy atom. The highest BCUT2D eigenvalue weighted by molar-refractivity contribution is 5.92. The van der Waals surface area contributed by atoms with Crippen molar-refractivity contribution in [2.75, 3.05) is 6.61 Å². The zero-order valence-electron chi connectivity index (χ0n) is 21.1. The van der Waals surface area contributed by atoms with Crippen LogP contribution in [-0.4, -0.2) is 56.8 Å². The fraction of sp³-hybridized carbons (Fsp3) is 0.815. The van der Waals surface area contributed by atoms with E-state index >= 15 is 0 Å².